The second-order valence-corrected chi connectivity index (χ2v) is 4.99. The first-order valence-electron chi connectivity index (χ1n) is 3.85. The van der Waals surface area contributed by atoms with E-state index in [0.717, 1.165) is 11.8 Å². The van der Waals surface area contributed by atoms with Crippen LogP contribution in [0.15, 0.2) is 0 Å². The molecule has 0 saturated heterocycles. The van der Waals surface area contributed by atoms with Crippen molar-refractivity contribution >= 4 is 23.6 Å². The predicted octanol–water partition coefficient (Wildman–Crippen LogP) is 0.671. The summed E-state index contributed by atoms with van der Waals surface area (Å²) in [5, 5.41) is 8.75. The molecule has 0 bridgehead atoms. The van der Waals surface area contributed by atoms with Gasteiger partial charge in [0.2, 0.25) is 5.91 Å². The maximum absolute atomic E-state index is 11.1. The fourth-order valence-corrected chi connectivity index (χ4v) is 1.30. The van der Waals surface area contributed by atoms with Crippen molar-refractivity contribution in [1.29, 1.82) is 0 Å². The summed E-state index contributed by atoms with van der Waals surface area (Å²) in [4.78, 5) is 23.2. The van der Waals surface area contributed by atoms with Crippen LogP contribution in [0.3, 0.4) is 0 Å². The zero-order valence-corrected chi connectivity index (χ0v) is 9.14. The molecule has 1 amide bonds. The van der Waals surface area contributed by atoms with Crippen molar-refractivity contribution in [3.8, 4) is 0 Å². The highest BCUT2D eigenvalue weighted by Crippen LogP contribution is 2.24. The highest BCUT2D eigenvalue weighted by Gasteiger charge is 2.28. The minimum absolute atomic E-state index is 0.0701. The molecule has 13 heavy (non-hydrogen) atoms. The van der Waals surface area contributed by atoms with Crippen molar-refractivity contribution in [2.24, 2.45) is 0 Å². The second-order valence-electron chi connectivity index (χ2n) is 3.39. The SMILES string of the molecule is CN(C)C(=O)CSC(C)(C)C(=O)O. The van der Waals surface area contributed by atoms with Gasteiger partial charge in [-0.3, -0.25) is 9.59 Å². The molecule has 0 rings (SSSR count). The molecule has 0 aliphatic heterocycles. The number of hydrogen-bond donors (Lipinski definition) is 1. The van der Waals surface area contributed by atoms with Crippen LogP contribution >= 0.6 is 11.8 Å². The minimum Gasteiger partial charge on any atom is -0.480 e. The molecule has 0 aliphatic rings. The van der Waals surface area contributed by atoms with Gasteiger partial charge >= 0.3 is 5.97 Å². The summed E-state index contributed by atoms with van der Waals surface area (Å²) in [7, 11) is 3.30. The number of hydrogen-bond acceptors (Lipinski definition) is 3. The van der Waals surface area contributed by atoms with Crippen LogP contribution in [0.5, 0.6) is 0 Å². The third kappa shape index (κ3) is 4.17. The molecule has 0 fully saturated rings. The van der Waals surface area contributed by atoms with E-state index in [1.165, 1.54) is 4.90 Å². The van der Waals surface area contributed by atoms with E-state index in [-0.39, 0.29) is 11.7 Å². The van der Waals surface area contributed by atoms with E-state index in [9.17, 15) is 9.59 Å². The predicted molar refractivity (Wildman–Crippen MR) is 52.9 cm³/mol. The molecular weight excluding hydrogens is 190 g/mol. The first kappa shape index (κ1) is 12.3. The lowest BCUT2D eigenvalue weighted by Crippen LogP contribution is -2.31. The summed E-state index contributed by atoms with van der Waals surface area (Å²) in [5.74, 6) is -0.768. The summed E-state index contributed by atoms with van der Waals surface area (Å²) in [6.07, 6.45) is 0. The first-order valence-corrected chi connectivity index (χ1v) is 4.83. The lowest BCUT2D eigenvalue weighted by molar-refractivity contribution is -0.138. The average Bonchev–Trinajstić information content (AvgIpc) is 1.99. The van der Waals surface area contributed by atoms with Crippen molar-refractivity contribution in [3.63, 3.8) is 0 Å². The quantitative estimate of drug-likeness (QED) is 0.733. The van der Waals surface area contributed by atoms with Crippen LogP contribution in [0.2, 0.25) is 0 Å². The number of thioether (sulfide) groups is 1. The van der Waals surface area contributed by atoms with E-state index in [2.05, 4.69) is 0 Å². The molecule has 0 aromatic rings. The molecule has 5 heteroatoms. The normalized spacial score (nSPS) is 11.1. The zero-order chi connectivity index (χ0) is 10.6. The van der Waals surface area contributed by atoms with Crippen LogP contribution in [0.1, 0.15) is 13.8 Å². The van der Waals surface area contributed by atoms with Gasteiger partial charge in [0, 0.05) is 14.1 Å². The molecule has 76 valence electrons. The van der Waals surface area contributed by atoms with Crippen LogP contribution in [0.4, 0.5) is 0 Å². The topological polar surface area (TPSA) is 57.6 Å². The summed E-state index contributed by atoms with van der Waals surface area (Å²) >= 11 is 1.13. The molecular formula is C8H15NO3S. The number of rotatable bonds is 4. The van der Waals surface area contributed by atoms with Gasteiger partial charge in [-0.05, 0) is 13.8 Å². The monoisotopic (exact) mass is 205 g/mol. The number of amides is 1. The molecule has 0 saturated carbocycles. The van der Waals surface area contributed by atoms with Gasteiger partial charge in [-0.2, -0.15) is 0 Å². The van der Waals surface area contributed by atoms with E-state index in [0.29, 0.717) is 0 Å². The molecule has 0 radical (unpaired) electrons. The van der Waals surface area contributed by atoms with Crippen LogP contribution in [-0.4, -0.2) is 46.5 Å². The smallest absolute Gasteiger partial charge is 0.319 e. The Labute approximate surface area is 82.3 Å². The lowest BCUT2D eigenvalue weighted by atomic mass is 10.2. The van der Waals surface area contributed by atoms with Crippen LogP contribution in [-0.2, 0) is 9.59 Å². The third-order valence-electron chi connectivity index (χ3n) is 1.57. The average molecular weight is 205 g/mol. The van der Waals surface area contributed by atoms with Crippen molar-refractivity contribution in [1.82, 2.24) is 4.90 Å². The van der Waals surface area contributed by atoms with Gasteiger partial charge in [0.15, 0.2) is 0 Å². The van der Waals surface area contributed by atoms with Crippen LogP contribution < -0.4 is 0 Å². The van der Waals surface area contributed by atoms with Crippen LogP contribution in [0, 0.1) is 0 Å². The number of carbonyl (C=O) groups is 2. The summed E-state index contributed by atoms with van der Waals surface area (Å²) in [5.41, 5.74) is 0. The maximum atomic E-state index is 11.1. The van der Waals surface area contributed by atoms with E-state index in [4.69, 9.17) is 5.11 Å². The summed E-state index contributed by atoms with van der Waals surface area (Å²) in [6.45, 7) is 3.17. The fourth-order valence-electron chi connectivity index (χ4n) is 0.433. The summed E-state index contributed by atoms with van der Waals surface area (Å²) in [6, 6.07) is 0. The number of aliphatic carboxylic acids is 1. The minimum atomic E-state index is -0.899. The van der Waals surface area contributed by atoms with E-state index >= 15 is 0 Å². The summed E-state index contributed by atoms with van der Waals surface area (Å²) < 4.78 is -0.897. The Morgan fingerprint density at radius 1 is 1.38 bits per heavy atom. The number of carbonyl (C=O) groups excluding carboxylic acids is 1. The Morgan fingerprint density at radius 3 is 2.15 bits per heavy atom. The molecule has 0 aliphatic carbocycles. The molecule has 0 spiro atoms. The Kier molecular flexibility index (Phi) is 4.26. The standard InChI is InChI=1S/C8H15NO3S/c1-8(2,7(11)12)13-5-6(10)9(3)4/h5H2,1-4H3,(H,11,12). The first-order chi connectivity index (χ1) is 5.77. The van der Waals surface area contributed by atoms with Crippen molar-refractivity contribution in [3.05, 3.63) is 0 Å². The lowest BCUT2D eigenvalue weighted by Gasteiger charge is -2.19. The Morgan fingerprint density at radius 2 is 1.85 bits per heavy atom. The van der Waals surface area contributed by atoms with Gasteiger partial charge in [-0.25, -0.2) is 0 Å². The van der Waals surface area contributed by atoms with E-state index in [1.54, 1.807) is 27.9 Å². The van der Waals surface area contributed by atoms with Gasteiger partial charge in [-0.15, -0.1) is 11.8 Å². The van der Waals surface area contributed by atoms with Gasteiger partial charge < -0.3 is 10.0 Å². The van der Waals surface area contributed by atoms with Gasteiger partial charge in [0.1, 0.15) is 4.75 Å². The molecule has 1 N–H and O–H groups in total. The number of carboxylic acids is 1. The zero-order valence-electron chi connectivity index (χ0n) is 8.33. The number of carboxylic acid groups (broad SMARTS) is 1. The van der Waals surface area contributed by atoms with E-state index in [1.807, 2.05) is 0 Å². The van der Waals surface area contributed by atoms with Gasteiger partial charge in [-0.1, -0.05) is 0 Å². The van der Waals surface area contributed by atoms with Gasteiger partial charge in [0.25, 0.3) is 0 Å². The molecule has 0 atom stereocenters. The Bertz CT molecular complexity index is 213. The van der Waals surface area contributed by atoms with E-state index < -0.39 is 10.7 Å². The second kappa shape index (κ2) is 4.50. The highest BCUT2D eigenvalue weighted by atomic mass is 32.2. The number of nitrogens with zero attached hydrogens (tertiary/aromatic N) is 1. The fraction of sp³-hybridized carbons (Fsp3) is 0.750. The highest BCUT2D eigenvalue weighted by molar-refractivity contribution is 8.01. The van der Waals surface area contributed by atoms with Gasteiger partial charge in [0.05, 0.1) is 5.75 Å². The molecule has 4 nitrogen and oxygen atoms in total. The van der Waals surface area contributed by atoms with Crippen molar-refractivity contribution in [2.75, 3.05) is 19.8 Å². The van der Waals surface area contributed by atoms with Crippen molar-refractivity contribution in [2.45, 2.75) is 18.6 Å². The largest absolute Gasteiger partial charge is 0.480 e. The molecule has 0 aromatic carbocycles. The third-order valence-corrected chi connectivity index (χ3v) is 2.86. The molecule has 0 unspecified atom stereocenters. The van der Waals surface area contributed by atoms with Crippen LogP contribution in [0.25, 0.3) is 0 Å². The Hall–Kier alpha value is -0.710. The molecule has 0 aromatic heterocycles. The molecule has 0 heterocycles. The maximum Gasteiger partial charge on any atom is 0.319 e. The van der Waals surface area contributed by atoms with Crippen molar-refractivity contribution < 1.29 is 14.7 Å². The Balaban J connectivity index is 4.03.